The Morgan fingerprint density at radius 3 is 2.06 bits per heavy atom. The van der Waals surface area contributed by atoms with Crippen LogP contribution in [0.1, 0.15) is 38.8 Å². The van der Waals surface area contributed by atoms with Gasteiger partial charge in [0.25, 0.3) is 10.0 Å². The number of nitrogens with zero attached hydrogens (tertiary/aromatic N) is 2. The van der Waals surface area contributed by atoms with Crippen LogP contribution in [-0.2, 0) is 32.6 Å². The Morgan fingerprint density at radius 2 is 1.48 bits per heavy atom. The molecule has 0 aliphatic carbocycles. The van der Waals surface area contributed by atoms with Crippen molar-refractivity contribution in [3.63, 3.8) is 0 Å². The number of anilines is 1. The molecule has 1 atom stereocenters. The van der Waals surface area contributed by atoms with Crippen LogP contribution in [0, 0.1) is 0 Å². The van der Waals surface area contributed by atoms with Gasteiger partial charge in [-0.2, -0.15) is 0 Å². The SMILES string of the molecule is CCOc1ccc(N(CC(=O)N(Cc2ccc(Cl)cc2Cl)[C@@H](Cc2ccccc2)C(=O)NC(C)(C)C)S(=O)(=O)c2ccc(Cl)cc2)cc1. The summed E-state index contributed by atoms with van der Waals surface area (Å²) in [6.45, 7) is 7.08. The van der Waals surface area contributed by atoms with Crippen molar-refractivity contribution in [3.05, 3.63) is 123 Å². The molecule has 48 heavy (non-hydrogen) atoms. The van der Waals surface area contributed by atoms with Crippen LogP contribution < -0.4 is 14.4 Å². The van der Waals surface area contributed by atoms with Crippen LogP contribution in [0.5, 0.6) is 5.75 Å². The molecule has 8 nitrogen and oxygen atoms in total. The number of ether oxygens (including phenoxy) is 1. The highest BCUT2D eigenvalue weighted by atomic mass is 35.5. The van der Waals surface area contributed by atoms with E-state index < -0.39 is 40.0 Å². The highest BCUT2D eigenvalue weighted by Crippen LogP contribution is 2.29. The van der Waals surface area contributed by atoms with E-state index in [0.717, 1.165) is 9.87 Å². The Hall–Kier alpha value is -3.76. The van der Waals surface area contributed by atoms with Gasteiger partial charge in [0, 0.05) is 33.6 Å². The van der Waals surface area contributed by atoms with Crippen molar-refractivity contribution in [3.8, 4) is 5.75 Å². The number of hydrogen-bond acceptors (Lipinski definition) is 5. The van der Waals surface area contributed by atoms with Gasteiger partial charge in [-0.15, -0.1) is 0 Å². The number of rotatable bonds is 13. The van der Waals surface area contributed by atoms with Gasteiger partial charge >= 0.3 is 0 Å². The smallest absolute Gasteiger partial charge is 0.264 e. The number of amides is 2. The standard InChI is InChI=1S/C36H38Cl3N3O5S/c1-5-47-30-17-15-29(16-18-30)42(48(45,46)31-19-13-27(37)14-20-31)24-34(43)41(23-26-11-12-28(38)22-32(26)39)33(35(44)40-36(2,3)4)21-25-9-7-6-8-10-25/h6-20,22,33H,5,21,23-24H2,1-4H3,(H,40,44)/t33-/m0/s1. The molecule has 12 heteroatoms. The van der Waals surface area contributed by atoms with Crippen molar-refractivity contribution in [1.82, 2.24) is 10.2 Å². The van der Waals surface area contributed by atoms with Crippen LogP contribution in [-0.4, -0.2) is 49.9 Å². The second-order valence-corrected chi connectivity index (χ2v) is 15.2. The van der Waals surface area contributed by atoms with Crippen LogP contribution in [0.25, 0.3) is 0 Å². The van der Waals surface area contributed by atoms with Gasteiger partial charge in [-0.3, -0.25) is 13.9 Å². The first-order valence-corrected chi connectivity index (χ1v) is 17.9. The normalized spacial score (nSPS) is 12.2. The Kier molecular flexibility index (Phi) is 12.4. The van der Waals surface area contributed by atoms with E-state index in [0.29, 0.717) is 33.0 Å². The monoisotopic (exact) mass is 729 g/mol. The van der Waals surface area contributed by atoms with E-state index in [-0.39, 0.29) is 23.5 Å². The molecule has 4 aromatic carbocycles. The Balaban J connectivity index is 1.84. The fourth-order valence-corrected chi connectivity index (χ4v) is 6.99. The summed E-state index contributed by atoms with van der Waals surface area (Å²) in [5, 5.41) is 4.07. The number of nitrogens with one attached hydrogen (secondary N) is 1. The van der Waals surface area contributed by atoms with Crippen LogP contribution in [0.2, 0.25) is 15.1 Å². The molecule has 4 aromatic rings. The summed E-state index contributed by atoms with van der Waals surface area (Å²) in [5.74, 6) is -0.493. The molecule has 0 fully saturated rings. The van der Waals surface area contributed by atoms with E-state index in [1.54, 1.807) is 42.5 Å². The van der Waals surface area contributed by atoms with Gasteiger partial charge in [-0.25, -0.2) is 8.42 Å². The summed E-state index contributed by atoms with van der Waals surface area (Å²) in [6, 6.07) is 25.2. The summed E-state index contributed by atoms with van der Waals surface area (Å²) >= 11 is 18.8. The van der Waals surface area contributed by atoms with E-state index in [1.807, 2.05) is 58.0 Å². The number of sulfonamides is 1. The molecule has 0 unspecified atom stereocenters. The zero-order valence-electron chi connectivity index (χ0n) is 27.1. The predicted octanol–water partition coefficient (Wildman–Crippen LogP) is 7.80. The van der Waals surface area contributed by atoms with E-state index in [9.17, 15) is 18.0 Å². The number of benzene rings is 4. The van der Waals surface area contributed by atoms with E-state index in [1.165, 1.54) is 29.2 Å². The van der Waals surface area contributed by atoms with Gasteiger partial charge in [-0.05, 0) is 99.5 Å². The first-order valence-electron chi connectivity index (χ1n) is 15.3. The first-order chi connectivity index (χ1) is 22.7. The lowest BCUT2D eigenvalue weighted by molar-refractivity contribution is -0.140. The third kappa shape index (κ3) is 9.89. The quantitative estimate of drug-likeness (QED) is 0.152. The van der Waals surface area contributed by atoms with E-state index in [2.05, 4.69) is 5.32 Å². The number of carbonyl (C=O) groups is 2. The number of carbonyl (C=O) groups excluding carboxylic acids is 2. The largest absolute Gasteiger partial charge is 0.494 e. The average Bonchev–Trinajstić information content (AvgIpc) is 3.03. The molecule has 0 heterocycles. The number of hydrogen-bond donors (Lipinski definition) is 1. The highest BCUT2D eigenvalue weighted by molar-refractivity contribution is 7.92. The van der Waals surface area contributed by atoms with Crippen LogP contribution >= 0.6 is 34.8 Å². The number of halogens is 3. The predicted molar refractivity (Wildman–Crippen MR) is 192 cm³/mol. The summed E-state index contributed by atoms with van der Waals surface area (Å²) < 4.78 is 35.0. The minimum absolute atomic E-state index is 0.0628. The summed E-state index contributed by atoms with van der Waals surface area (Å²) in [7, 11) is -4.30. The maximum absolute atomic E-state index is 14.6. The fraction of sp³-hybridized carbons (Fsp3) is 0.278. The van der Waals surface area contributed by atoms with Gasteiger partial charge in [0.05, 0.1) is 17.2 Å². The molecule has 254 valence electrons. The second-order valence-electron chi connectivity index (χ2n) is 12.1. The second kappa shape index (κ2) is 16.1. The lowest BCUT2D eigenvalue weighted by atomic mass is 10.0. The van der Waals surface area contributed by atoms with Crippen molar-refractivity contribution in [2.24, 2.45) is 0 Å². The molecule has 0 aromatic heterocycles. The van der Waals surface area contributed by atoms with E-state index >= 15 is 0 Å². The van der Waals surface area contributed by atoms with E-state index in [4.69, 9.17) is 39.5 Å². The lowest BCUT2D eigenvalue weighted by Gasteiger charge is -2.35. The summed E-state index contributed by atoms with van der Waals surface area (Å²) in [5.41, 5.74) is 0.947. The van der Waals surface area contributed by atoms with Gasteiger partial charge in [-0.1, -0.05) is 71.2 Å². The summed E-state index contributed by atoms with van der Waals surface area (Å²) in [6.07, 6.45) is 0.159. The van der Waals surface area contributed by atoms with Crippen molar-refractivity contribution < 1.29 is 22.7 Å². The average molecular weight is 731 g/mol. The van der Waals surface area contributed by atoms with Crippen molar-refractivity contribution in [2.75, 3.05) is 17.5 Å². The molecule has 0 saturated heterocycles. The molecular formula is C36H38Cl3N3O5S. The molecule has 2 amide bonds. The highest BCUT2D eigenvalue weighted by Gasteiger charge is 2.36. The molecule has 0 bridgehead atoms. The molecular weight excluding hydrogens is 693 g/mol. The maximum Gasteiger partial charge on any atom is 0.264 e. The Bertz CT molecular complexity index is 1810. The molecule has 0 radical (unpaired) electrons. The van der Waals surface area contributed by atoms with Crippen molar-refractivity contribution in [1.29, 1.82) is 0 Å². The Labute approximate surface area is 297 Å². The zero-order chi connectivity index (χ0) is 35.1. The molecule has 0 spiro atoms. The van der Waals surface area contributed by atoms with Gasteiger partial charge in [0.1, 0.15) is 18.3 Å². The van der Waals surface area contributed by atoms with Crippen LogP contribution in [0.15, 0.2) is 102 Å². The topological polar surface area (TPSA) is 96.0 Å². The van der Waals surface area contributed by atoms with Gasteiger partial charge in [0.15, 0.2) is 0 Å². The maximum atomic E-state index is 14.6. The fourth-order valence-electron chi connectivity index (χ4n) is 4.98. The molecule has 0 aliphatic heterocycles. The van der Waals surface area contributed by atoms with Crippen LogP contribution in [0.4, 0.5) is 5.69 Å². The minimum atomic E-state index is -4.30. The Morgan fingerprint density at radius 1 is 0.854 bits per heavy atom. The molecule has 0 aliphatic rings. The van der Waals surface area contributed by atoms with Crippen molar-refractivity contribution >= 4 is 62.3 Å². The first kappa shape index (κ1) is 37.1. The van der Waals surface area contributed by atoms with Crippen molar-refractivity contribution in [2.45, 2.75) is 57.1 Å². The summed E-state index contributed by atoms with van der Waals surface area (Å²) in [4.78, 5) is 30.0. The van der Waals surface area contributed by atoms with Gasteiger partial charge < -0.3 is 15.0 Å². The third-order valence-corrected chi connectivity index (χ3v) is 9.87. The zero-order valence-corrected chi connectivity index (χ0v) is 30.2. The minimum Gasteiger partial charge on any atom is -0.494 e. The molecule has 0 saturated carbocycles. The van der Waals surface area contributed by atoms with Crippen LogP contribution in [0.3, 0.4) is 0 Å². The lowest BCUT2D eigenvalue weighted by Crippen LogP contribution is -2.56. The molecule has 4 rings (SSSR count). The van der Waals surface area contributed by atoms with Gasteiger partial charge in [0.2, 0.25) is 11.8 Å². The third-order valence-electron chi connectivity index (χ3n) is 7.24. The molecule has 1 N–H and O–H groups in total.